The van der Waals surface area contributed by atoms with Crippen LogP contribution in [0.2, 0.25) is 0 Å². The second kappa shape index (κ2) is 12.4. The van der Waals surface area contributed by atoms with E-state index in [-0.39, 0.29) is 0 Å². The van der Waals surface area contributed by atoms with Crippen molar-refractivity contribution in [3.63, 3.8) is 0 Å². The van der Waals surface area contributed by atoms with Crippen LogP contribution >= 0.6 is 0 Å². The summed E-state index contributed by atoms with van der Waals surface area (Å²) in [5.74, 6) is -2.27. The first-order valence-electron chi connectivity index (χ1n) is 11.3. The molecular weight excluding hydrogens is 462 g/mol. The number of benzene rings is 2. The van der Waals surface area contributed by atoms with E-state index in [4.69, 9.17) is 10.5 Å². The molecule has 2 aromatic rings. The molecule has 4 N–H and O–H groups in total. The zero-order chi connectivity index (χ0) is 26.9. The predicted molar refractivity (Wildman–Crippen MR) is 133 cm³/mol. The minimum atomic E-state index is -1.46. The van der Waals surface area contributed by atoms with Crippen LogP contribution in [0.1, 0.15) is 44.4 Å². The number of hydrogen-bond donors (Lipinski definition) is 3. The highest BCUT2D eigenvalue weighted by Crippen LogP contribution is 2.25. The summed E-state index contributed by atoms with van der Waals surface area (Å²) in [4.78, 5) is 52.3. The third kappa shape index (κ3) is 8.13. The van der Waals surface area contributed by atoms with Gasteiger partial charge in [-0.15, -0.1) is 0 Å². The molecule has 0 spiro atoms. The fraction of sp³-hybridized carbons (Fsp3) is 0.346. The Kier molecular flexibility index (Phi) is 9.56. The zero-order valence-corrected chi connectivity index (χ0v) is 20.8. The maximum absolute atomic E-state index is 13.6. The molecule has 0 bridgehead atoms. The molecule has 0 radical (unpaired) electrons. The Morgan fingerprint density at radius 3 is 2.22 bits per heavy atom. The number of ether oxygens (including phenoxy) is 1. The third-order valence-electron chi connectivity index (χ3n) is 5.00. The largest absolute Gasteiger partial charge is 0.444 e. The number of anilines is 1. The second-order valence-electron chi connectivity index (χ2n) is 9.11. The number of carbonyl (C=O) groups is 4. The summed E-state index contributed by atoms with van der Waals surface area (Å²) >= 11 is 0. The third-order valence-corrected chi connectivity index (χ3v) is 5.00. The van der Waals surface area contributed by atoms with Crippen molar-refractivity contribution in [2.75, 3.05) is 11.9 Å². The molecule has 0 aliphatic heterocycles. The minimum Gasteiger partial charge on any atom is -0.444 e. The van der Waals surface area contributed by atoms with E-state index in [0.29, 0.717) is 11.3 Å². The fourth-order valence-electron chi connectivity index (χ4n) is 3.45. The normalized spacial score (nSPS) is 12.4. The fourth-order valence-corrected chi connectivity index (χ4v) is 3.45. The van der Waals surface area contributed by atoms with Crippen LogP contribution < -0.4 is 16.4 Å². The van der Waals surface area contributed by atoms with Gasteiger partial charge in [-0.05, 0) is 44.9 Å². The van der Waals surface area contributed by atoms with Gasteiger partial charge in [0.25, 0.3) is 5.91 Å². The first-order valence-corrected chi connectivity index (χ1v) is 11.3. The van der Waals surface area contributed by atoms with Crippen molar-refractivity contribution >= 4 is 29.5 Å². The van der Waals surface area contributed by atoms with Crippen molar-refractivity contribution < 1.29 is 23.9 Å². The number of aryl methyl sites for hydroxylation is 1. The van der Waals surface area contributed by atoms with Gasteiger partial charge in [0.15, 0.2) is 0 Å². The van der Waals surface area contributed by atoms with E-state index in [1.807, 2.05) is 25.1 Å². The number of nitrogens with one attached hydrogen (secondary N) is 2. The van der Waals surface area contributed by atoms with Crippen LogP contribution in [0.5, 0.6) is 0 Å². The van der Waals surface area contributed by atoms with Crippen molar-refractivity contribution in [2.45, 2.75) is 51.8 Å². The summed E-state index contributed by atoms with van der Waals surface area (Å²) < 4.78 is 5.21. The average Bonchev–Trinajstić information content (AvgIpc) is 2.78. The number of primary amides is 1. The van der Waals surface area contributed by atoms with Crippen molar-refractivity contribution in [1.29, 1.82) is 5.26 Å². The van der Waals surface area contributed by atoms with Gasteiger partial charge in [0.1, 0.15) is 24.2 Å². The van der Waals surface area contributed by atoms with Crippen LogP contribution in [0.4, 0.5) is 10.5 Å². The van der Waals surface area contributed by atoms with Gasteiger partial charge in [-0.1, -0.05) is 48.5 Å². The maximum atomic E-state index is 13.6. The van der Waals surface area contributed by atoms with Crippen LogP contribution in [-0.4, -0.2) is 46.9 Å². The van der Waals surface area contributed by atoms with Crippen LogP contribution in [0.3, 0.4) is 0 Å². The van der Waals surface area contributed by atoms with E-state index in [1.54, 1.807) is 63.2 Å². The molecule has 10 nitrogen and oxygen atoms in total. The van der Waals surface area contributed by atoms with E-state index in [9.17, 15) is 24.4 Å². The molecule has 0 aliphatic rings. The number of rotatable bonds is 9. The highest BCUT2D eigenvalue weighted by atomic mass is 16.6. The Bertz CT molecular complexity index is 1140. The highest BCUT2D eigenvalue weighted by molar-refractivity contribution is 6.00. The topological polar surface area (TPSA) is 155 Å². The molecule has 2 atom stereocenters. The lowest BCUT2D eigenvalue weighted by Crippen LogP contribution is -2.53. The number of nitriles is 1. The summed E-state index contributed by atoms with van der Waals surface area (Å²) in [6.45, 7) is 6.24. The molecule has 36 heavy (non-hydrogen) atoms. The Balaban J connectivity index is 2.47. The van der Waals surface area contributed by atoms with Gasteiger partial charge in [0.05, 0.1) is 12.5 Å². The number of nitrogens with two attached hydrogens (primary N) is 1. The summed E-state index contributed by atoms with van der Waals surface area (Å²) in [6, 6.07) is 14.7. The summed E-state index contributed by atoms with van der Waals surface area (Å²) in [5, 5.41) is 14.7. The molecule has 0 aromatic heterocycles. The quantitative estimate of drug-likeness (QED) is 0.456. The predicted octanol–water partition coefficient (Wildman–Crippen LogP) is 2.80. The lowest BCUT2D eigenvalue weighted by atomic mass is 10.0. The van der Waals surface area contributed by atoms with E-state index >= 15 is 0 Å². The molecule has 2 unspecified atom stereocenters. The lowest BCUT2D eigenvalue weighted by Gasteiger charge is -2.32. The summed E-state index contributed by atoms with van der Waals surface area (Å²) in [6.07, 6.45) is -1.50. The number of carbonyl (C=O) groups excluding carboxylic acids is 4. The number of nitrogens with zero attached hydrogens (tertiary/aromatic N) is 2. The Hall–Kier alpha value is -4.39. The first-order chi connectivity index (χ1) is 16.9. The SMILES string of the molecule is Cc1ccccc1NC(=O)C(c1ccccc1)N(CC#N)C(=O)C(CC(N)=O)NC(=O)OC(C)(C)C. The molecule has 2 aromatic carbocycles. The number of alkyl carbamates (subject to hydrolysis) is 1. The van der Waals surface area contributed by atoms with Crippen molar-refractivity contribution in [3.05, 3.63) is 65.7 Å². The summed E-state index contributed by atoms with van der Waals surface area (Å²) in [7, 11) is 0. The van der Waals surface area contributed by atoms with Gasteiger partial charge in [0, 0.05) is 5.69 Å². The first kappa shape index (κ1) is 27.9. The molecule has 0 aliphatic carbocycles. The van der Waals surface area contributed by atoms with Gasteiger partial charge < -0.3 is 26.0 Å². The monoisotopic (exact) mass is 493 g/mol. The zero-order valence-electron chi connectivity index (χ0n) is 20.8. The molecular formula is C26H31N5O5. The molecule has 0 heterocycles. The van der Waals surface area contributed by atoms with Gasteiger partial charge in [0.2, 0.25) is 11.8 Å². The minimum absolute atomic E-state index is 0.433. The van der Waals surface area contributed by atoms with Crippen molar-refractivity contribution in [1.82, 2.24) is 10.2 Å². The lowest BCUT2D eigenvalue weighted by molar-refractivity contribution is -0.141. The van der Waals surface area contributed by atoms with Gasteiger partial charge >= 0.3 is 6.09 Å². The summed E-state index contributed by atoms with van der Waals surface area (Å²) in [5.41, 5.74) is 6.23. The maximum Gasteiger partial charge on any atom is 0.408 e. The smallest absolute Gasteiger partial charge is 0.408 e. The molecule has 0 saturated heterocycles. The molecule has 10 heteroatoms. The van der Waals surface area contributed by atoms with E-state index in [0.717, 1.165) is 10.5 Å². The second-order valence-corrected chi connectivity index (χ2v) is 9.11. The van der Waals surface area contributed by atoms with E-state index in [1.165, 1.54) is 0 Å². The van der Waals surface area contributed by atoms with Crippen LogP contribution in [0.25, 0.3) is 0 Å². The number of hydrogen-bond acceptors (Lipinski definition) is 6. The number of amides is 4. The van der Waals surface area contributed by atoms with Crippen LogP contribution in [0, 0.1) is 18.3 Å². The van der Waals surface area contributed by atoms with Crippen molar-refractivity contribution in [2.24, 2.45) is 5.73 Å². The Labute approximate surface area is 210 Å². The number of para-hydroxylation sites is 1. The molecule has 2 rings (SSSR count). The standard InChI is InChI=1S/C26H31N5O5/c1-17-10-8-9-13-19(17)29-23(33)22(18-11-6-5-7-12-18)31(15-14-27)24(34)20(16-21(28)32)30-25(35)36-26(2,3)4/h5-13,20,22H,15-16H2,1-4H3,(H2,28,32)(H,29,33)(H,30,35). The Morgan fingerprint density at radius 1 is 1.06 bits per heavy atom. The molecule has 0 saturated carbocycles. The Morgan fingerprint density at radius 2 is 1.67 bits per heavy atom. The van der Waals surface area contributed by atoms with Gasteiger partial charge in [-0.3, -0.25) is 14.4 Å². The van der Waals surface area contributed by atoms with E-state index < -0.39 is 54.5 Å². The molecule has 190 valence electrons. The molecule has 4 amide bonds. The van der Waals surface area contributed by atoms with Gasteiger partial charge in [-0.2, -0.15) is 5.26 Å². The van der Waals surface area contributed by atoms with Gasteiger partial charge in [-0.25, -0.2) is 4.79 Å². The van der Waals surface area contributed by atoms with E-state index in [2.05, 4.69) is 10.6 Å². The molecule has 0 fully saturated rings. The average molecular weight is 494 g/mol. The van der Waals surface area contributed by atoms with Crippen molar-refractivity contribution in [3.8, 4) is 6.07 Å². The van der Waals surface area contributed by atoms with Crippen LogP contribution in [-0.2, 0) is 19.1 Å². The highest BCUT2D eigenvalue weighted by Gasteiger charge is 2.37. The van der Waals surface area contributed by atoms with Crippen LogP contribution in [0.15, 0.2) is 54.6 Å².